The van der Waals surface area contributed by atoms with Crippen molar-refractivity contribution in [2.45, 2.75) is 11.3 Å². The molecule has 0 heterocycles. The Kier molecular flexibility index (Phi) is 6.79. The molecule has 1 aromatic carbocycles. The molecule has 4 N–H and O–H groups in total. The smallest absolute Gasteiger partial charge is 0.240 e. The predicted octanol–water partition coefficient (Wildman–Crippen LogP) is 0.372. The number of sulfonamides is 1. The van der Waals surface area contributed by atoms with Crippen molar-refractivity contribution in [3.8, 4) is 0 Å². The van der Waals surface area contributed by atoms with E-state index >= 15 is 0 Å². The normalized spacial score (nSPS) is 11.5. The summed E-state index contributed by atoms with van der Waals surface area (Å²) in [6.07, 6.45) is 0.872. The van der Waals surface area contributed by atoms with Gasteiger partial charge in [0.2, 0.25) is 10.0 Å². The lowest BCUT2D eigenvalue weighted by Crippen LogP contribution is -2.18. The minimum Gasteiger partial charge on any atom is -0.385 e. The second-order valence-corrected chi connectivity index (χ2v) is 5.80. The van der Waals surface area contributed by atoms with Gasteiger partial charge in [0, 0.05) is 25.4 Å². The summed E-state index contributed by atoms with van der Waals surface area (Å²) < 4.78 is 30.5. The Morgan fingerprint density at radius 3 is 2.47 bits per heavy atom. The Bertz CT molecular complexity index is 460. The van der Waals surface area contributed by atoms with Gasteiger partial charge < -0.3 is 15.8 Å². The van der Waals surface area contributed by atoms with Gasteiger partial charge in [0.1, 0.15) is 0 Å². The van der Waals surface area contributed by atoms with E-state index in [1.54, 1.807) is 24.3 Å². The van der Waals surface area contributed by atoms with Gasteiger partial charge in [-0.15, -0.1) is 0 Å². The lowest BCUT2D eigenvalue weighted by Gasteiger charge is -2.08. The molecule has 6 nitrogen and oxygen atoms in total. The fourth-order valence-electron chi connectivity index (χ4n) is 1.46. The fraction of sp³-hybridized carbons (Fsp3) is 0.500. The molecule has 19 heavy (non-hydrogen) atoms. The average molecular weight is 287 g/mol. The van der Waals surface area contributed by atoms with Gasteiger partial charge in [-0.1, -0.05) is 0 Å². The van der Waals surface area contributed by atoms with E-state index in [0.717, 1.165) is 18.7 Å². The molecule has 0 aliphatic heterocycles. The molecule has 7 heteroatoms. The second kappa shape index (κ2) is 8.11. The summed E-state index contributed by atoms with van der Waals surface area (Å²) >= 11 is 0. The van der Waals surface area contributed by atoms with E-state index in [-0.39, 0.29) is 4.90 Å². The van der Waals surface area contributed by atoms with Crippen molar-refractivity contribution >= 4 is 15.7 Å². The molecule has 0 aliphatic rings. The number of hydrogen-bond acceptors (Lipinski definition) is 5. The summed E-state index contributed by atoms with van der Waals surface area (Å²) in [5.74, 6) is 0. The Hall–Kier alpha value is -1.15. The number of benzene rings is 1. The monoisotopic (exact) mass is 287 g/mol. The molecular weight excluding hydrogens is 266 g/mol. The highest BCUT2D eigenvalue weighted by molar-refractivity contribution is 7.89. The highest BCUT2D eigenvalue weighted by Crippen LogP contribution is 2.13. The van der Waals surface area contributed by atoms with Crippen LogP contribution < -0.4 is 15.8 Å². The van der Waals surface area contributed by atoms with Crippen molar-refractivity contribution in [3.05, 3.63) is 24.3 Å². The third kappa shape index (κ3) is 5.56. The molecule has 0 bridgehead atoms. The average Bonchev–Trinajstić information content (AvgIpc) is 2.43. The SMILES string of the molecule is CNS(=O)(=O)c1ccc(NCCCOCCN)cc1. The standard InChI is InChI=1S/C12H21N3O3S/c1-14-19(16,17)12-5-3-11(4-6-12)15-8-2-9-18-10-7-13/h3-6,14-15H,2,7-10,13H2,1H3. The third-order valence-corrected chi connectivity index (χ3v) is 3.92. The van der Waals surface area contributed by atoms with Gasteiger partial charge >= 0.3 is 0 Å². The first kappa shape index (κ1) is 15.9. The van der Waals surface area contributed by atoms with E-state index in [1.165, 1.54) is 7.05 Å². The minimum absolute atomic E-state index is 0.256. The van der Waals surface area contributed by atoms with Crippen LogP contribution in [0, 0.1) is 0 Å². The van der Waals surface area contributed by atoms with Crippen molar-refractivity contribution in [3.63, 3.8) is 0 Å². The highest BCUT2D eigenvalue weighted by Gasteiger charge is 2.09. The van der Waals surface area contributed by atoms with E-state index in [9.17, 15) is 8.42 Å². The lowest BCUT2D eigenvalue weighted by atomic mass is 10.3. The number of nitrogens with one attached hydrogen (secondary N) is 2. The lowest BCUT2D eigenvalue weighted by molar-refractivity contribution is 0.141. The van der Waals surface area contributed by atoms with E-state index in [4.69, 9.17) is 10.5 Å². The molecule has 0 atom stereocenters. The van der Waals surface area contributed by atoms with Crippen LogP contribution in [0.2, 0.25) is 0 Å². The first-order chi connectivity index (χ1) is 9.10. The number of nitrogens with two attached hydrogens (primary N) is 1. The quantitative estimate of drug-likeness (QED) is 0.571. The third-order valence-electron chi connectivity index (χ3n) is 2.49. The Labute approximate surface area is 114 Å². The molecule has 0 aliphatic carbocycles. The van der Waals surface area contributed by atoms with E-state index in [1.807, 2.05) is 0 Å². The highest BCUT2D eigenvalue weighted by atomic mass is 32.2. The van der Waals surface area contributed by atoms with Crippen LogP contribution in [0.3, 0.4) is 0 Å². The molecule has 1 aromatic rings. The molecule has 0 radical (unpaired) electrons. The Morgan fingerprint density at radius 1 is 1.21 bits per heavy atom. The van der Waals surface area contributed by atoms with E-state index in [0.29, 0.717) is 19.8 Å². The van der Waals surface area contributed by atoms with Crippen LogP contribution in [0.5, 0.6) is 0 Å². The van der Waals surface area contributed by atoms with Gasteiger partial charge in [-0.25, -0.2) is 13.1 Å². The first-order valence-electron chi connectivity index (χ1n) is 6.15. The van der Waals surface area contributed by atoms with E-state index < -0.39 is 10.0 Å². The molecule has 0 amide bonds. The van der Waals surface area contributed by atoms with Gasteiger partial charge in [0.15, 0.2) is 0 Å². The Morgan fingerprint density at radius 2 is 1.89 bits per heavy atom. The number of rotatable bonds is 9. The van der Waals surface area contributed by atoms with Crippen LogP contribution in [0.15, 0.2) is 29.2 Å². The fourth-order valence-corrected chi connectivity index (χ4v) is 2.19. The topological polar surface area (TPSA) is 93.5 Å². The molecule has 0 saturated heterocycles. The maximum atomic E-state index is 11.5. The Balaban J connectivity index is 2.37. The van der Waals surface area contributed by atoms with Crippen LogP contribution in [0.1, 0.15) is 6.42 Å². The summed E-state index contributed by atoms with van der Waals surface area (Å²) in [4.78, 5) is 0.256. The summed E-state index contributed by atoms with van der Waals surface area (Å²) in [7, 11) is -1.97. The van der Waals surface area contributed by atoms with Crippen LogP contribution in [-0.2, 0) is 14.8 Å². The number of anilines is 1. The summed E-state index contributed by atoms with van der Waals surface area (Å²) in [6, 6.07) is 6.62. The molecule has 0 spiro atoms. The summed E-state index contributed by atoms with van der Waals surface area (Å²) in [6.45, 7) is 2.55. The van der Waals surface area contributed by atoms with Crippen molar-refractivity contribution in [1.29, 1.82) is 0 Å². The van der Waals surface area contributed by atoms with E-state index in [2.05, 4.69) is 10.0 Å². The van der Waals surface area contributed by atoms with Gasteiger partial charge in [0.05, 0.1) is 11.5 Å². The zero-order valence-corrected chi connectivity index (χ0v) is 11.9. The molecule has 0 aromatic heterocycles. The zero-order chi connectivity index (χ0) is 14.1. The van der Waals surface area contributed by atoms with Crippen molar-refractivity contribution in [1.82, 2.24) is 4.72 Å². The van der Waals surface area contributed by atoms with Gasteiger partial charge in [0.25, 0.3) is 0 Å². The molecule has 0 unspecified atom stereocenters. The van der Waals surface area contributed by atoms with Crippen LogP contribution in [-0.4, -0.2) is 41.8 Å². The van der Waals surface area contributed by atoms with Crippen LogP contribution in [0.4, 0.5) is 5.69 Å². The summed E-state index contributed by atoms with van der Waals surface area (Å²) in [5, 5.41) is 3.19. The van der Waals surface area contributed by atoms with Gasteiger partial charge in [-0.2, -0.15) is 0 Å². The zero-order valence-electron chi connectivity index (χ0n) is 11.1. The largest absolute Gasteiger partial charge is 0.385 e. The summed E-state index contributed by atoms with van der Waals surface area (Å²) in [5.41, 5.74) is 6.18. The maximum absolute atomic E-state index is 11.5. The van der Waals surface area contributed by atoms with Gasteiger partial charge in [-0.05, 0) is 37.7 Å². The molecule has 0 saturated carbocycles. The van der Waals surface area contributed by atoms with Crippen LogP contribution in [0.25, 0.3) is 0 Å². The molecule has 1 rings (SSSR count). The number of hydrogen-bond donors (Lipinski definition) is 3. The first-order valence-corrected chi connectivity index (χ1v) is 7.64. The van der Waals surface area contributed by atoms with Crippen LogP contribution >= 0.6 is 0 Å². The molecular formula is C12H21N3O3S. The maximum Gasteiger partial charge on any atom is 0.240 e. The molecule has 0 fully saturated rings. The minimum atomic E-state index is -3.36. The van der Waals surface area contributed by atoms with Crippen molar-refractivity contribution in [2.24, 2.45) is 5.73 Å². The van der Waals surface area contributed by atoms with Gasteiger partial charge in [-0.3, -0.25) is 0 Å². The molecule has 108 valence electrons. The van der Waals surface area contributed by atoms with Crippen molar-refractivity contribution < 1.29 is 13.2 Å². The number of ether oxygens (including phenoxy) is 1. The van der Waals surface area contributed by atoms with Crippen molar-refractivity contribution in [2.75, 3.05) is 38.7 Å². The second-order valence-electron chi connectivity index (χ2n) is 3.91. The predicted molar refractivity (Wildman–Crippen MR) is 75.7 cm³/mol.